The number of aromatic nitrogens is 3. The first-order valence-corrected chi connectivity index (χ1v) is 11.6. The van der Waals surface area contributed by atoms with Crippen molar-refractivity contribution in [3.8, 4) is 0 Å². The summed E-state index contributed by atoms with van der Waals surface area (Å²) in [7, 11) is 0. The molecule has 1 aromatic carbocycles. The zero-order valence-electron chi connectivity index (χ0n) is 18.2. The largest absolute Gasteiger partial charge is 0.467 e. The minimum atomic E-state index is -0.379. The monoisotopic (exact) mass is 454 g/mol. The van der Waals surface area contributed by atoms with Crippen molar-refractivity contribution in [2.75, 3.05) is 18.1 Å². The van der Waals surface area contributed by atoms with E-state index in [0.717, 1.165) is 18.5 Å². The van der Waals surface area contributed by atoms with E-state index in [1.54, 1.807) is 19.3 Å². The van der Waals surface area contributed by atoms with E-state index in [4.69, 9.17) is 9.15 Å². The Hall–Kier alpha value is -3.07. The quantitative estimate of drug-likeness (QED) is 0.380. The van der Waals surface area contributed by atoms with E-state index in [1.165, 1.54) is 17.3 Å². The van der Waals surface area contributed by atoms with Gasteiger partial charge in [0.1, 0.15) is 18.0 Å². The topological polar surface area (TPSA) is 90.5 Å². The molecule has 0 aliphatic carbocycles. The van der Waals surface area contributed by atoms with Crippen LogP contribution in [-0.2, 0) is 33.7 Å². The van der Waals surface area contributed by atoms with Crippen molar-refractivity contribution in [1.82, 2.24) is 14.8 Å². The second-order valence-electron chi connectivity index (χ2n) is 7.53. The molecular formula is C23H26N4O4S. The average molecular weight is 455 g/mol. The zero-order chi connectivity index (χ0) is 22.5. The molecule has 0 fully saturated rings. The second kappa shape index (κ2) is 10.0. The Morgan fingerprint density at radius 1 is 1.22 bits per heavy atom. The Balaban J connectivity index is 1.54. The molecule has 3 heterocycles. The lowest BCUT2D eigenvalue weighted by atomic mass is 10.0. The summed E-state index contributed by atoms with van der Waals surface area (Å²) in [5.41, 5.74) is 2.18. The van der Waals surface area contributed by atoms with Crippen LogP contribution < -0.4 is 4.90 Å². The molecule has 0 radical (unpaired) electrons. The molecular weight excluding hydrogens is 428 g/mol. The van der Waals surface area contributed by atoms with Crippen LogP contribution >= 0.6 is 11.8 Å². The van der Waals surface area contributed by atoms with E-state index in [9.17, 15) is 9.59 Å². The van der Waals surface area contributed by atoms with Crippen LogP contribution in [0.4, 0.5) is 5.69 Å². The Labute approximate surface area is 190 Å². The Morgan fingerprint density at radius 3 is 2.84 bits per heavy atom. The van der Waals surface area contributed by atoms with E-state index in [1.807, 2.05) is 40.7 Å². The number of furan rings is 1. The van der Waals surface area contributed by atoms with Crippen molar-refractivity contribution in [2.24, 2.45) is 0 Å². The number of hydrogen-bond donors (Lipinski definition) is 0. The van der Waals surface area contributed by atoms with E-state index in [0.29, 0.717) is 36.4 Å². The molecule has 4 rings (SSSR count). The average Bonchev–Trinajstić information content (AvgIpc) is 3.44. The molecule has 32 heavy (non-hydrogen) atoms. The molecule has 0 bridgehead atoms. The van der Waals surface area contributed by atoms with Gasteiger partial charge in [0.25, 0.3) is 0 Å². The summed E-state index contributed by atoms with van der Waals surface area (Å²) in [5.74, 6) is 0.846. The number of carbonyl (C=O) groups is 2. The smallest absolute Gasteiger partial charge is 0.313 e. The summed E-state index contributed by atoms with van der Waals surface area (Å²) < 4.78 is 12.4. The number of para-hydroxylation sites is 1. The second-order valence-corrected chi connectivity index (χ2v) is 8.84. The van der Waals surface area contributed by atoms with Gasteiger partial charge in [0, 0.05) is 12.2 Å². The maximum Gasteiger partial charge on any atom is 0.313 e. The molecule has 1 atom stereocenters. The van der Waals surface area contributed by atoms with Crippen molar-refractivity contribution < 1.29 is 18.7 Å². The first kappa shape index (κ1) is 22.1. The van der Waals surface area contributed by atoms with Crippen LogP contribution in [0.25, 0.3) is 0 Å². The molecule has 0 spiro atoms. The molecule has 9 heteroatoms. The number of amides is 1. The maximum absolute atomic E-state index is 13.3. The van der Waals surface area contributed by atoms with Gasteiger partial charge in [-0.2, -0.15) is 0 Å². The lowest BCUT2D eigenvalue weighted by Crippen LogP contribution is -2.40. The van der Waals surface area contributed by atoms with Crippen molar-refractivity contribution in [3.63, 3.8) is 0 Å². The van der Waals surface area contributed by atoms with Gasteiger partial charge in [0.05, 0.1) is 24.7 Å². The van der Waals surface area contributed by atoms with E-state index < -0.39 is 0 Å². The van der Waals surface area contributed by atoms with Crippen molar-refractivity contribution in [2.45, 2.75) is 50.1 Å². The number of aryl methyl sites for hydroxylation is 1. The zero-order valence-corrected chi connectivity index (χ0v) is 19.0. The van der Waals surface area contributed by atoms with Gasteiger partial charge in [-0.05, 0) is 50.5 Å². The molecule has 8 nitrogen and oxygen atoms in total. The molecule has 1 aliphatic rings. The summed E-state index contributed by atoms with van der Waals surface area (Å²) in [4.78, 5) is 27.2. The van der Waals surface area contributed by atoms with Crippen LogP contribution in [0.3, 0.4) is 0 Å². The summed E-state index contributed by atoms with van der Waals surface area (Å²) in [6.07, 6.45) is 3.52. The van der Waals surface area contributed by atoms with Crippen LogP contribution in [0.15, 0.2) is 52.2 Å². The minimum absolute atomic E-state index is 0.00391. The van der Waals surface area contributed by atoms with Gasteiger partial charge in [-0.3, -0.25) is 14.2 Å². The number of hydrogen-bond acceptors (Lipinski definition) is 7. The fourth-order valence-electron chi connectivity index (χ4n) is 3.79. The van der Waals surface area contributed by atoms with Crippen molar-refractivity contribution in [3.05, 3.63) is 59.8 Å². The van der Waals surface area contributed by atoms with Crippen LogP contribution in [0, 0.1) is 0 Å². The third-order valence-electron chi connectivity index (χ3n) is 5.30. The number of thioether (sulfide) groups is 1. The number of carbonyl (C=O) groups excluding carboxylic acids is 2. The Morgan fingerprint density at radius 2 is 2.06 bits per heavy atom. The predicted octanol–water partition coefficient (Wildman–Crippen LogP) is 3.49. The summed E-state index contributed by atoms with van der Waals surface area (Å²) in [6.45, 7) is 5.01. The van der Waals surface area contributed by atoms with Crippen molar-refractivity contribution in [1.29, 1.82) is 0 Å². The highest BCUT2D eigenvalue weighted by Gasteiger charge is 2.28. The molecule has 0 N–H and O–H groups in total. The summed E-state index contributed by atoms with van der Waals surface area (Å²) >= 11 is 1.33. The lowest BCUT2D eigenvalue weighted by molar-refractivity contribution is -0.142. The number of benzene rings is 1. The van der Waals surface area contributed by atoms with E-state index in [2.05, 4.69) is 16.3 Å². The SMILES string of the molecule is CCOC(=O)Cc1nnc(S[C@H](C)C(=O)N2CCCc3ccccc32)n1Cc1ccco1. The maximum atomic E-state index is 13.3. The van der Waals surface area contributed by atoms with E-state index in [-0.39, 0.29) is 23.5 Å². The van der Waals surface area contributed by atoms with Gasteiger partial charge in [-0.1, -0.05) is 30.0 Å². The summed E-state index contributed by atoms with van der Waals surface area (Å²) in [6, 6.07) is 11.7. The highest BCUT2D eigenvalue weighted by atomic mass is 32.2. The molecule has 0 unspecified atom stereocenters. The molecule has 2 aromatic heterocycles. The molecule has 1 aliphatic heterocycles. The third kappa shape index (κ3) is 4.88. The molecule has 1 amide bonds. The van der Waals surface area contributed by atoms with Crippen LogP contribution in [0.2, 0.25) is 0 Å². The molecule has 0 saturated carbocycles. The fourth-order valence-corrected chi connectivity index (χ4v) is 4.72. The normalized spacial score (nSPS) is 14.1. The number of ether oxygens (including phenoxy) is 1. The number of anilines is 1. The number of nitrogens with zero attached hydrogens (tertiary/aromatic N) is 4. The third-order valence-corrected chi connectivity index (χ3v) is 6.37. The van der Waals surface area contributed by atoms with Gasteiger partial charge in [0.2, 0.25) is 5.91 Å². The van der Waals surface area contributed by atoms with Crippen molar-refractivity contribution >= 4 is 29.3 Å². The number of rotatable bonds is 8. The van der Waals surface area contributed by atoms with Crippen LogP contribution in [-0.4, -0.2) is 45.0 Å². The van der Waals surface area contributed by atoms with Gasteiger partial charge >= 0.3 is 5.97 Å². The molecule has 0 saturated heterocycles. The molecule has 3 aromatic rings. The van der Waals surface area contributed by atoms with Crippen LogP contribution in [0.5, 0.6) is 0 Å². The van der Waals surface area contributed by atoms with Crippen LogP contribution in [0.1, 0.15) is 37.4 Å². The highest BCUT2D eigenvalue weighted by molar-refractivity contribution is 8.00. The van der Waals surface area contributed by atoms with Gasteiger partial charge in [-0.15, -0.1) is 10.2 Å². The van der Waals surface area contributed by atoms with Gasteiger partial charge < -0.3 is 14.1 Å². The fraction of sp³-hybridized carbons (Fsp3) is 0.391. The first-order chi connectivity index (χ1) is 15.6. The standard InChI is InChI=1S/C23H26N4O4S/c1-3-30-21(28)14-20-24-25-23(27(20)15-18-10-7-13-31-18)32-16(2)22(29)26-12-6-9-17-8-4-5-11-19(17)26/h4-5,7-8,10-11,13,16H,3,6,9,12,14-15H2,1-2H3/t16-/m1/s1. The summed E-state index contributed by atoms with van der Waals surface area (Å²) in [5, 5.41) is 8.67. The lowest BCUT2D eigenvalue weighted by Gasteiger charge is -2.31. The number of fused-ring (bicyclic) bond motifs is 1. The Bertz CT molecular complexity index is 1080. The number of esters is 1. The van der Waals surface area contributed by atoms with Gasteiger partial charge in [-0.25, -0.2) is 0 Å². The first-order valence-electron chi connectivity index (χ1n) is 10.7. The van der Waals surface area contributed by atoms with Gasteiger partial charge in [0.15, 0.2) is 5.16 Å². The predicted molar refractivity (Wildman–Crippen MR) is 121 cm³/mol. The molecule has 168 valence electrons. The Kier molecular flexibility index (Phi) is 6.94. The highest BCUT2D eigenvalue weighted by Crippen LogP contribution is 2.31. The minimum Gasteiger partial charge on any atom is -0.467 e. The van der Waals surface area contributed by atoms with E-state index >= 15 is 0 Å².